The fourth-order valence-electron chi connectivity index (χ4n) is 2.04. The lowest BCUT2D eigenvalue weighted by Crippen LogP contribution is -2.42. The number of hydrogen-bond donors (Lipinski definition) is 2. The molecule has 1 fully saturated rings. The average molecular weight is 312 g/mol. The topological polar surface area (TPSA) is 84.7 Å². The Hall–Kier alpha value is -1.79. The second kappa shape index (κ2) is 7.28. The van der Waals surface area contributed by atoms with Gasteiger partial charge in [-0.1, -0.05) is 11.6 Å². The van der Waals surface area contributed by atoms with E-state index in [1.54, 1.807) is 17.0 Å². The Balaban J connectivity index is 1.78. The number of ether oxygens (including phenoxy) is 1. The van der Waals surface area contributed by atoms with Crippen LogP contribution in [0.2, 0.25) is 5.02 Å². The van der Waals surface area contributed by atoms with Crippen LogP contribution >= 0.6 is 11.6 Å². The zero-order valence-electron chi connectivity index (χ0n) is 11.6. The van der Waals surface area contributed by atoms with Gasteiger partial charge in [0.05, 0.1) is 23.9 Å². The van der Waals surface area contributed by atoms with Crippen molar-refractivity contribution in [3.63, 3.8) is 0 Å². The Morgan fingerprint density at radius 1 is 1.33 bits per heavy atom. The van der Waals surface area contributed by atoms with Crippen molar-refractivity contribution in [1.29, 1.82) is 0 Å². The average Bonchev–Trinajstić information content (AvgIpc) is 2.50. The second-order valence-electron chi connectivity index (χ2n) is 4.74. The number of anilines is 1. The van der Waals surface area contributed by atoms with Crippen LogP contribution in [0.5, 0.6) is 0 Å². The summed E-state index contributed by atoms with van der Waals surface area (Å²) in [5.74, 6) is -0.248. The van der Waals surface area contributed by atoms with E-state index in [1.807, 2.05) is 0 Å². The standard InChI is InChI=1S/C14H18ClN3O3/c15-11-2-1-10(9-12(11)16)14(20)17-4-3-13(19)18-5-7-21-8-6-18/h1-2,9H,3-8,16H2,(H,17,20). The van der Waals surface area contributed by atoms with E-state index in [2.05, 4.69) is 5.32 Å². The highest BCUT2D eigenvalue weighted by Crippen LogP contribution is 2.19. The molecule has 0 saturated carbocycles. The molecule has 114 valence electrons. The molecule has 3 N–H and O–H groups in total. The van der Waals surface area contributed by atoms with Crippen LogP contribution in [0.3, 0.4) is 0 Å². The van der Waals surface area contributed by atoms with Crippen LogP contribution in [0.25, 0.3) is 0 Å². The molecule has 0 aromatic heterocycles. The highest BCUT2D eigenvalue weighted by atomic mass is 35.5. The maximum Gasteiger partial charge on any atom is 0.251 e. The van der Waals surface area contributed by atoms with Crippen molar-refractivity contribution >= 4 is 29.1 Å². The SMILES string of the molecule is Nc1cc(C(=O)NCCC(=O)N2CCOCC2)ccc1Cl. The third-order valence-electron chi connectivity index (χ3n) is 3.25. The van der Waals surface area contributed by atoms with Crippen molar-refractivity contribution in [3.05, 3.63) is 28.8 Å². The minimum absolute atomic E-state index is 0.0224. The summed E-state index contributed by atoms with van der Waals surface area (Å²) in [5, 5.41) is 3.11. The summed E-state index contributed by atoms with van der Waals surface area (Å²) in [6.45, 7) is 2.66. The summed E-state index contributed by atoms with van der Waals surface area (Å²) in [6.07, 6.45) is 0.273. The van der Waals surface area contributed by atoms with E-state index < -0.39 is 0 Å². The number of nitrogens with two attached hydrogens (primary N) is 1. The Morgan fingerprint density at radius 2 is 2.05 bits per heavy atom. The summed E-state index contributed by atoms with van der Waals surface area (Å²) in [6, 6.07) is 4.68. The van der Waals surface area contributed by atoms with Gasteiger partial charge < -0.3 is 20.7 Å². The van der Waals surface area contributed by atoms with Crippen LogP contribution in [-0.2, 0) is 9.53 Å². The van der Waals surface area contributed by atoms with E-state index in [9.17, 15) is 9.59 Å². The molecule has 1 aromatic rings. The van der Waals surface area contributed by atoms with Gasteiger partial charge >= 0.3 is 0 Å². The molecule has 7 heteroatoms. The lowest BCUT2D eigenvalue weighted by atomic mass is 10.2. The van der Waals surface area contributed by atoms with Gasteiger partial charge in [-0.15, -0.1) is 0 Å². The molecule has 0 unspecified atom stereocenters. The number of nitrogens with one attached hydrogen (secondary N) is 1. The summed E-state index contributed by atoms with van der Waals surface area (Å²) < 4.78 is 5.18. The molecule has 0 radical (unpaired) electrons. The van der Waals surface area contributed by atoms with E-state index >= 15 is 0 Å². The lowest BCUT2D eigenvalue weighted by Gasteiger charge is -2.26. The van der Waals surface area contributed by atoms with Gasteiger partial charge in [-0.25, -0.2) is 0 Å². The third-order valence-corrected chi connectivity index (χ3v) is 3.59. The monoisotopic (exact) mass is 311 g/mol. The molecule has 1 heterocycles. The highest BCUT2D eigenvalue weighted by Gasteiger charge is 2.16. The number of carbonyl (C=O) groups excluding carboxylic acids is 2. The summed E-state index contributed by atoms with van der Waals surface area (Å²) in [5.41, 5.74) is 6.43. The van der Waals surface area contributed by atoms with Gasteiger partial charge in [0, 0.05) is 31.6 Å². The fourth-order valence-corrected chi connectivity index (χ4v) is 2.16. The number of carbonyl (C=O) groups is 2. The first-order chi connectivity index (χ1) is 10.1. The molecule has 1 saturated heterocycles. The molecular weight excluding hydrogens is 294 g/mol. The second-order valence-corrected chi connectivity index (χ2v) is 5.14. The highest BCUT2D eigenvalue weighted by molar-refractivity contribution is 6.33. The van der Waals surface area contributed by atoms with Gasteiger partial charge in [0.25, 0.3) is 5.91 Å². The van der Waals surface area contributed by atoms with Gasteiger partial charge in [-0.3, -0.25) is 9.59 Å². The van der Waals surface area contributed by atoms with E-state index in [-0.39, 0.29) is 24.8 Å². The van der Waals surface area contributed by atoms with Crippen molar-refractivity contribution in [3.8, 4) is 0 Å². The number of morpholine rings is 1. The van der Waals surface area contributed by atoms with Crippen LogP contribution < -0.4 is 11.1 Å². The zero-order valence-corrected chi connectivity index (χ0v) is 12.4. The van der Waals surface area contributed by atoms with Crippen LogP contribution in [0.15, 0.2) is 18.2 Å². The van der Waals surface area contributed by atoms with E-state index in [4.69, 9.17) is 22.1 Å². The van der Waals surface area contributed by atoms with Crippen LogP contribution in [0.4, 0.5) is 5.69 Å². The summed E-state index contributed by atoms with van der Waals surface area (Å²) >= 11 is 5.80. The van der Waals surface area contributed by atoms with Crippen LogP contribution in [0, 0.1) is 0 Å². The maximum atomic E-state index is 11.9. The number of nitrogen functional groups attached to an aromatic ring is 1. The van der Waals surface area contributed by atoms with Gasteiger partial charge in [0.1, 0.15) is 0 Å². The molecule has 1 aromatic carbocycles. The Kier molecular flexibility index (Phi) is 5.41. The first kappa shape index (κ1) is 15.6. The van der Waals surface area contributed by atoms with Crippen molar-refractivity contribution in [2.45, 2.75) is 6.42 Å². The quantitative estimate of drug-likeness (QED) is 0.809. The van der Waals surface area contributed by atoms with Gasteiger partial charge in [0.2, 0.25) is 5.91 Å². The number of hydrogen-bond acceptors (Lipinski definition) is 4. The first-order valence-electron chi connectivity index (χ1n) is 6.76. The molecular formula is C14H18ClN3O3. The molecule has 0 spiro atoms. The Morgan fingerprint density at radius 3 is 2.71 bits per heavy atom. The van der Waals surface area contributed by atoms with Gasteiger partial charge in [-0.05, 0) is 18.2 Å². The van der Waals surface area contributed by atoms with E-state index in [1.165, 1.54) is 6.07 Å². The zero-order chi connectivity index (χ0) is 15.2. The number of benzene rings is 1. The predicted octanol–water partition coefficient (Wildman–Crippen LogP) is 0.901. The van der Waals surface area contributed by atoms with Crippen molar-refractivity contribution in [1.82, 2.24) is 10.2 Å². The maximum absolute atomic E-state index is 11.9. The van der Waals surface area contributed by atoms with E-state index in [0.717, 1.165) is 0 Å². The molecule has 2 amide bonds. The molecule has 0 bridgehead atoms. The molecule has 1 aliphatic heterocycles. The third kappa shape index (κ3) is 4.34. The largest absolute Gasteiger partial charge is 0.398 e. The minimum atomic E-state index is -0.270. The molecule has 0 aliphatic carbocycles. The summed E-state index contributed by atoms with van der Waals surface area (Å²) in [7, 11) is 0. The fraction of sp³-hybridized carbons (Fsp3) is 0.429. The Labute approximate surface area is 128 Å². The number of nitrogens with zero attached hydrogens (tertiary/aromatic N) is 1. The Bertz CT molecular complexity index is 530. The molecule has 0 atom stereocenters. The smallest absolute Gasteiger partial charge is 0.251 e. The van der Waals surface area contributed by atoms with Gasteiger partial charge in [0.15, 0.2) is 0 Å². The molecule has 6 nitrogen and oxygen atoms in total. The summed E-state index contributed by atoms with van der Waals surface area (Å²) in [4.78, 5) is 25.6. The molecule has 1 aliphatic rings. The number of halogens is 1. The number of amides is 2. The minimum Gasteiger partial charge on any atom is -0.398 e. The van der Waals surface area contributed by atoms with Crippen molar-refractivity contribution in [2.24, 2.45) is 0 Å². The van der Waals surface area contributed by atoms with Gasteiger partial charge in [-0.2, -0.15) is 0 Å². The van der Waals surface area contributed by atoms with Crippen LogP contribution in [0.1, 0.15) is 16.8 Å². The van der Waals surface area contributed by atoms with Crippen molar-refractivity contribution in [2.75, 3.05) is 38.6 Å². The van der Waals surface area contributed by atoms with Crippen LogP contribution in [-0.4, -0.2) is 49.6 Å². The van der Waals surface area contributed by atoms with E-state index in [0.29, 0.717) is 42.6 Å². The first-order valence-corrected chi connectivity index (χ1v) is 7.14. The molecule has 2 rings (SSSR count). The van der Waals surface area contributed by atoms with Crippen molar-refractivity contribution < 1.29 is 14.3 Å². The normalized spacial score (nSPS) is 14.8. The number of rotatable bonds is 4. The predicted molar refractivity (Wildman–Crippen MR) is 80.2 cm³/mol. The lowest BCUT2D eigenvalue weighted by molar-refractivity contribution is -0.135. The molecule has 21 heavy (non-hydrogen) atoms.